The minimum absolute atomic E-state index is 0.387. The second kappa shape index (κ2) is 8.59. The van der Waals surface area contributed by atoms with Crippen LogP contribution in [0.5, 0.6) is 0 Å². The van der Waals surface area contributed by atoms with Crippen molar-refractivity contribution in [2.24, 2.45) is 34.5 Å². The highest BCUT2D eigenvalue weighted by Gasteiger charge is 2.65. The maximum Gasteiger partial charge on any atom is 0.00454 e. The largest absolute Gasteiger partial charge is 0.0989 e. The summed E-state index contributed by atoms with van der Waals surface area (Å²) in [5.41, 5.74) is 15.7. The molecule has 194 valence electrons. The minimum Gasteiger partial charge on any atom is -0.0989 e. The molecule has 0 spiro atoms. The summed E-state index contributed by atoms with van der Waals surface area (Å²) >= 11 is 0. The van der Waals surface area contributed by atoms with Gasteiger partial charge >= 0.3 is 0 Å². The summed E-state index contributed by atoms with van der Waals surface area (Å²) in [4.78, 5) is 0. The van der Waals surface area contributed by atoms with Crippen LogP contribution in [-0.4, -0.2) is 0 Å². The molecule has 0 heterocycles. The van der Waals surface area contributed by atoms with Crippen LogP contribution in [0.3, 0.4) is 0 Å². The van der Waals surface area contributed by atoms with Crippen molar-refractivity contribution >= 4 is 6.08 Å². The molecule has 0 heteroatoms. The summed E-state index contributed by atoms with van der Waals surface area (Å²) in [7, 11) is 0. The number of aryl methyl sites for hydroxylation is 2. The van der Waals surface area contributed by atoms with Crippen LogP contribution in [0, 0.1) is 48.3 Å². The van der Waals surface area contributed by atoms with E-state index in [0.717, 1.165) is 18.8 Å². The van der Waals surface area contributed by atoms with Gasteiger partial charge in [-0.15, -0.1) is 0 Å². The Hall–Kier alpha value is -2.34. The van der Waals surface area contributed by atoms with Crippen molar-refractivity contribution < 1.29 is 0 Å². The van der Waals surface area contributed by atoms with Gasteiger partial charge in [0.25, 0.3) is 0 Å². The van der Waals surface area contributed by atoms with Crippen molar-refractivity contribution in [1.29, 1.82) is 0 Å². The number of hydrogen-bond acceptors (Lipinski definition) is 0. The fraction of sp³-hybridized carbons (Fsp3) is 0.514. The van der Waals surface area contributed by atoms with E-state index in [1.807, 2.05) is 0 Å². The third-order valence-electron chi connectivity index (χ3n) is 10.7. The number of allylic oxidation sites excluding steroid dienone is 3. The van der Waals surface area contributed by atoms with Gasteiger partial charge in [0, 0.05) is 5.92 Å². The zero-order valence-corrected chi connectivity index (χ0v) is 24.1. The molecule has 3 atom stereocenters. The number of hydrogen-bond donors (Lipinski definition) is 0. The van der Waals surface area contributed by atoms with Gasteiger partial charge in [0.15, 0.2) is 0 Å². The average molecular weight is 491 g/mol. The normalized spacial score (nSPS) is 29.2. The van der Waals surface area contributed by atoms with Crippen LogP contribution in [-0.2, 0) is 12.8 Å². The summed E-state index contributed by atoms with van der Waals surface area (Å²) in [5, 5.41) is 0. The van der Waals surface area contributed by atoms with Crippen LogP contribution in [0.25, 0.3) is 17.2 Å². The van der Waals surface area contributed by atoms with Gasteiger partial charge < -0.3 is 0 Å². The molecule has 0 radical (unpaired) electrons. The maximum absolute atomic E-state index is 4.57. The SMILES string of the molecule is C=C1C(CC2=Cc3cccc(-c4cc(C)cc(C)c4C[C@@H]4CCCC(C)(C)C4)c3C2)C(=C)C2C1C2(C)C. The first-order valence-corrected chi connectivity index (χ1v) is 14.8. The zero-order valence-electron chi connectivity index (χ0n) is 24.1. The molecule has 4 aliphatic carbocycles. The molecule has 0 saturated heterocycles. The Balaban J connectivity index is 1.28. The lowest BCUT2D eigenvalue weighted by Crippen LogP contribution is -2.24. The van der Waals surface area contributed by atoms with E-state index in [9.17, 15) is 0 Å². The summed E-state index contributed by atoms with van der Waals surface area (Å²) < 4.78 is 0. The second-order valence-corrected chi connectivity index (χ2v) is 14.5. The van der Waals surface area contributed by atoms with E-state index in [0.29, 0.717) is 28.6 Å². The van der Waals surface area contributed by atoms with E-state index in [2.05, 4.69) is 91.1 Å². The fourth-order valence-electron chi connectivity index (χ4n) is 8.86. The van der Waals surface area contributed by atoms with Crippen molar-refractivity contribution in [3.63, 3.8) is 0 Å². The molecule has 0 nitrogen and oxygen atoms in total. The first-order chi connectivity index (χ1) is 17.5. The summed E-state index contributed by atoms with van der Waals surface area (Å²) in [6, 6.07) is 11.9. The molecule has 2 aromatic rings. The molecule has 2 aromatic carbocycles. The Labute approximate surface area is 226 Å². The molecule has 0 aromatic heterocycles. The fourth-order valence-corrected chi connectivity index (χ4v) is 8.86. The lowest BCUT2D eigenvalue weighted by molar-refractivity contribution is 0.180. The summed E-state index contributed by atoms with van der Waals surface area (Å²) in [6.45, 7) is 23.5. The molecule has 4 aliphatic rings. The molecule has 37 heavy (non-hydrogen) atoms. The Morgan fingerprint density at radius 2 is 1.65 bits per heavy atom. The first kappa shape index (κ1) is 25.0. The van der Waals surface area contributed by atoms with Crippen molar-refractivity contribution in [2.45, 2.75) is 86.5 Å². The molecule has 6 rings (SSSR count). The highest BCUT2D eigenvalue weighted by Crippen LogP contribution is 2.72. The smallest absolute Gasteiger partial charge is 0.00454 e. The van der Waals surface area contributed by atoms with Crippen molar-refractivity contribution in [3.8, 4) is 11.1 Å². The maximum atomic E-state index is 4.57. The number of benzene rings is 2. The Morgan fingerprint density at radius 1 is 0.919 bits per heavy atom. The van der Waals surface area contributed by atoms with Gasteiger partial charge in [-0.1, -0.05) is 112 Å². The van der Waals surface area contributed by atoms with Crippen molar-refractivity contribution in [2.75, 3.05) is 0 Å². The van der Waals surface area contributed by atoms with Gasteiger partial charge in [0.05, 0.1) is 0 Å². The predicted molar refractivity (Wildman–Crippen MR) is 160 cm³/mol. The average Bonchev–Trinajstić information content (AvgIpc) is 3.07. The third kappa shape index (κ3) is 4.20. The van der Waals surface area contributed by atoms with Gasteiger partial charge in [-0.25, -0.2) is 0 Å². The van der Waals surface area contributed by atoms with Gasteiger partial charge in [-0.3, -0.25) is 0 Å². The van der Waals surface area contributed by atoms with Crippen LogP contribution in [0.15, 0.2) is 60.2 Å². The van der Waals surface area contributed by atoms with Gasteiger partial charge in [-0.2, -0.15) is 0 Å². The van der Waals surface area contributed by atoms with E-state index in [-0.39, 0.29) is 0 Å². The van der Waals surface area contributed by atoms with E-state index >= 15 is 0 Å². The summed E-state index contributed by atoms with van der Waals surface area (Å²) in [5.74, 6) is 2.59. The summed E-state index contributed by atoms with van der Waals surface area (Å²) in [6.07, 6.45) is 11.4. The van der Waals surface area contributed by atoms with Crippen LogP contribution in [0.4, 0.5) is 0 Å². The first-order valence-electron chi connectivity index (χ1n) is 14.8. The molecular formula is C37H46. The highest BCUT2D eigenvalue weighted by atomic mass is 14.7. The lowest BCUT2D eigenvalue weighted by Gasteiger charge is -2.36. The van der Waals surface area contributed by atoms with E-state index in [4.69, 9.17) is 0 Å². The quantitative estimate of drug-likeness (QED) is 0.366. The molecule has 3 fully saturated rings. The number of rotatable bonds is 5. The van der Waals surface area contributed by atoms with Crippen LogP contribution in [0.2, 0.25) is 0 Å². The predicted octanol–water partition coefficient (Wildman–Crippen LogP) is 10.1. The zero-order chi connectivity index (χ0) is 26.3. The Morgan fingerprint density at radius 3 is 2.35 bits per heavy atom. The van der Waals surface area contributed by atoms with Crippen molar-refractivity contribution in [1.82, 2.24) is 0 Å². The second-order valence-electron chi connectivity index (χ2n) is 14.5. The van der Waals surface area contributed by atoms with Gasteiger partial charge in [0.1, 0.15) is 0 Å². The lowest BCUT2D eigenvalue weighted by atomic mass is 9.70. The Bertz CT molecular complexity index is 1300. The topological polar surface area (TPSA) is 0 Å². The molecule has 3 saturated carbocycles. The highest BCUT2D eigenvalue weighted by molar-refractivity contribution is 5.80. The van der Waals surface area contributed by atoms with Crippen LogP contribution in [0.1, 0.15) is 87.6 Å². The minimum atomic E-state index is 0.387. The molecule has 2 unspecified atom stereocenters. The third-order valence-corrected chi connectivity index (χ3v) is 10.7. The van der Waals surface area contributed by atoms with Gasteiger partial charge in [-0.05, 0) is 108 Å². The van der Waals surface area contributed by atoms with E-state index in [1.54, 1.807) is 11.1 Å². The van der Waals surface area contributed by atoms with Crippen molar-refractivity contribution in [3.05, 3.63) is 88.0 Å². The van der Waals surface area contributed by atoms with Gasteiger partial charge in [0.2, 0.25) is 0 Å². The van der Waals surface area contributed by atoms with E-state index < -0.39 is 0 Å². The molecule has 0 N–H and O–H groups in total. The standard InChI is InChI=1S/C37H46/c1-22-15-23(2)30(18-26-11-10-14-36(5,6)21-26)33(16-22)29-13-9-12-28-17-27(20-32(28)29)19-31-24(3)34-35(25(31)4)37(34,7)8/h9,12-13,15-17,26,31,34-35H,3-4,10-11,14,18-21H2,1-2,5-8H3/t26-,31?,34?,35?/m0/s1. The molecule has 0 amide bonds. The monoisotopic (exact) mass is 490 g/mol. The van der Waals surface area contributed by atoms with Crippen LogP contribution < -0.4 is 0 Å². The number of fused-ring (bicyclic) bond motifs is 2. The van der Waals surface area contributed by atoms with Crippen LogP contribution >= 0.6 is 0 Å². The molecule has 0 aliphatic heterocycles. The molecule has 0 bridgehead atoms. The van der Waals surface area contributed by atoms with E-state index in [1.165, 1.54) is 76.6 Å². The Kier molecular flexibility index (Phi) is 5.79. The molecular weight excluding hydrogens is 444 g/mol.